The highest BCUT2D eigenvalue weighted by Gasteiger charge is 2.28. The van der Waals surface area contributed by atoms with Crippen LogP contribution in [0.3, 0.4) is 0 Å². The van der Waals surface area contributed by atoms with Crippen LogP contribution in [-0.2, 0) is 9.59 Å². The maximum atomic E-state index is 13.4. The van der Waals surface area contributed by atoms with E-state index in [2.05, 4.69) is 5.32 Å². The highest BCUT2D eigenvalue weighted by molar-refractivity contribution is 5.81. The molecule has 5 nitrogen and oxygen atoms in total. The Bertz CT molecular complexity index is 852. The van der Waals surface area contributed by atoms with Crippen molar-refractivity contribution in [1.82, 2.24) is 10.2 Å². The number of hydrogen-bond donors (Lipinski definition) is 1. The molecule has 154 valence electrons. The first-order chi connectivity index (χ1) is 13.9. The van der Waals surface area contributed by atoms with E-state index >= 15 is 0 Å². The molecule has 1 heterocycles. The molecule has 0 aromatic heterocycles. The summed E-state index contributed by atoms with van der Waals surface area (Å²) in [7, 11) is 0. The molecular formula is C22H24F2N2O3. The maximum absolute atomic E-state index is 13.4. The van der Waals surface area contributed by atoms with Gasteiger partial charge in [-0.1, -0.05) is 24.3 Å². The number of carbonyl (C=O) groups excluding carboxylic acids is 2. The predicted octanol–water partition coefficient (Wildman–Crippen LogP) is 3.46. The summed E-state index contributed by atoms with van der Waals surface area (Å²) in [5.74, 6) is -1.69. The number of hydrogen-bond acceptors (Lipinski definition) is 3. The Balaban J connectivity index is 1.45. The molecule has 0 saturated carbocycles. The van der Waals surface area contributed by atoms with E-state index in [1.165, 1.54) is 6.07 Å². The standard InChI is InChI=1S/C22H24F2N2O3/c1-15(17-7-8-19(23)20(24)13-17)25-22(28)16-9-11-26(12-10-16)21(27)14-29-18-5-3-2-4-6-18/h2-8,13,15-16H,9-12,14H2,1H3,(H,25,28). The van der Waals surface area contributed by atoms with Gasteiger partial charge in [-0.2, -0.15) is 0 Å². The van der Waals surface area contributed by atoms with Gasteiger partial charge in [-0.05, 0) is 49.6 Å². The third-order valence-corrected chi connectivity index (χ3v) is 5.13. The highest BCUT2D eigenvalue weighted by atomic mass is 19.2. The van der Waals surface area contributed by atoms with Crippen LogP contribution in [0.4, 0.5) is 8.78 Å². The molecule has 2 aromatic rings. The molecule has 7 heteroatoms. The summed E-state index contributed by atoms with van der Waals surface area (Å²) >= 11 is 0. The van der Waals surface area contributed by atoms with E-state index in [1.54, 1.807) is 24.0 Å². The predicted molar refractivity (Wildman–Crippen MR) is 104 cm³/mol. The highest BCUT2D eigenvalue weighted by Crippen LogP contribution is 2.21. The number of benzene rings is 2. The third-order valence-electron chi connectivity index (χ3n) is 5.13. The Labute approximate surface area is 168 Å². The Morgan fingerprint density at radius 1 is 1.10 bits per heavy atom. The number of ether oxygens (including phenoxy) is 1. The lowest BCUT2D eigenvalue weighted by Gasteiger charge is -2.32. The molecule has 0 aliphatic carbocycles. The van der Waals surface area contributed by atoms with Crippen LogP contribution in [-0.4, -0.2) is 36.4 Å². The summed E-state index contributed by atoms with van der Waals surface area (Å²) < 4.78 is 31.9. The van der Waals surface area contributed by atoms with Gasteiger partial charge < -0.3 is 15.0 Å². The van der Waals surface area contributed by atoms with E-state index < -0.39 is 17.7 Å². The molecule has 2 aromatic carbocycles. The SMILES string of the molecule is CC(NC(=O)C1CCN(C(=O)COc2ccccc2)CC1)c1ccc(F)c(F)c1. The molecular weight excluding hydrogens is 378 g/mol. The monoisotopic (exact) mass is 402 g/mol. The topological polar surface area (TPSA) is 58.6 Å². The second kappa shape index (κ2) is 9.49. The first-order valence-corrected chi connectivity index (χ1v) is 9.65. The smallest absolute Gasteiger partial charge is 0.260 e. The number of amides is 2. The minimum Gasteiger partial charge on any atom is -0.484 e. The summed E-state index contributed by atoms with van der Waals surface area (Å²) in [6, 6.07) is 12.3. The Kier molecular flexibility index (Phi) is 6.80. The second-order valence-corrected chi connectivity index (χ2v) is 7.16. The fraction of sp³-hybridized carbons (Fsp3) is 0.364. The summed E-state index contributed by atoms with van der Waals surface area (Å²) in [6.45, 7) is 2.65. The van der Waals surface area contributed by atoms with E-state index in [9.17, 15) is 18.4 Å². The van der Waals surface area contributed by atoms with Crippen LogP contribution < -0.4 is 10.1 Å². The van der Waals surface area contributed by atoms with Gasteiger partial charge in [0.2, 0.25) is 5.91 Å². The zero-order valence-corrected chi connectivity index (χ0v) is 16.2. The number of piperidine rings is 1. The summed E-state index contributed by atoms with van der Waals surface area (Å²) in [5, 5.41) is 2.85. The van der Waals surface area contributed by atoms with Gasteiger partial charge in [0.15, 0.2) is 18.2 Å². The Morgan fingerprint density at radius 3 is 2.45 bits per heavy atom. The van der Waals surface area contributed by atoms with Crippen LogP contribution in [0.1, 0.15) is 31.4 Å². The van der Waals surface area contributed by atoms with Crippen molar-refractivity contribution in [1.29, 1.82) is 0 Å². The van der Waals surface area contributed by atoms with E-state index in [0.717, 1.165) is 12.1 Å². The first kappa shape index (κ1) is 20.8. The van der Waals surface area contributed by atoms with Crippen LogP contribution in [0.5, 0.6) is 5.75 Å². The van der Waals surface area contributed by atoms with Crippen molar-refractivity contribution in [2.24, 2.45) is 5.92 Å². The average Bonchev–Trinajstić information content (AvgIpc) is 2.74. The van der Waals surface area contributed by atoms with Gasteiger partial charge in [0.25, 0.3) is 5.91 Å². The summed E-state index contributed by atoms with van der Waals surface area (Å²) in [4.78, 5) is 26.5. The van der Waals surface area contributed by atoms with E-state index in [-0.39, 0.29) is 24.3 Å². The van der Waals surface area contributed by atoms with Gasteiger partial charge in [-0.25, -0.2) is 8.78 Å². The van der Waals surface area contributed by atoms with Gasteiger partial charge in [-0.3, -0.25) is 9.59 Å². The van der Waals surface area contributed by atoms with Crippen molar-refractivity contribution in [2.75, 3.05) is 19.7 Å². The first-order valence-electron chi connectivity index (χ1n) is 9.65. The number of halogens is 2. The lowest BCUT2D eigenvalue weighted by Crippen LogP contribution is -2.44. The van der Waals surface area contributed by atoms with E-state index in [4.69, 9.17) is 4.74 Å². The van der Waals surface area contributed by atoms with Gasteiger partial charge in [0.05, 0.1) is 6.04 Å². The molecule has 1 aliphatic heterocycles. The molecule has 1 saturated heterocycles. The summed E-state index contributed by atoms with van der Waals surface area (Å²) in [6.07, 6.45) is 1.10. The van der Waals surface area contributed by atoms with Crippen LogP contribution in [0.2, 0.25) is 0 Å². The maximum Gasteiger partial charge on any atom is 0.260 e. The Morgan fingerprint density at radius 2 is 1.79 bits per heavy atom. The molecule has 0 bridgehead atoms. The number of carbonyl (C=O) groups is 2. The molecule has 1 fully saturated rings. The lowest BCUT2D eigenvalue weighted by molar-refractivity contribution is -0.137. The second-order valence-electron chi connectivity index (χ2n) is 7.16. The molecule has 1 unspecified atom stereocenters. The number of rotatable bonds is 6. The quantitative estimate of drug-likeness (QED) is 0.805. The van der Waals surface area contributed by atoms with Crippen LogP contribution >= 0.6 is 0 Å². The Hall–Kier alpha value is -2.96. The largest absolute Gasteiger partial charge is 0.484 e. The fourth-order valence-corrected chi connectivity index (χ4v) is 3.34. The van der Waals surface area contributed by atoms with Crippen molar-refractivity contribution in [3.63, 3.8) is 0 Å². The molecule has 1 N–H and O–H groups in total. The molecule has 29 heavy (non-hydrogen) atoms. The lowest BCUT2D eigenvalue weighted by atomic mass is 9.95. The normalized spacial score (nSPS) is 15.6. The van der Waals surface area contributed by atoms with Crippen LogP contribution in [0.25, 0.3) is 0 Å². The number of likely N-dealkylation sites (tertiary alicyclic amines) is 1. The van der Waals surface area contributed by atoms with Gasteiger partial charge in [0, 0.05) is 19.0 Å². The van der Waals surface area contributed by atoms with Crippen LogP contribution in [0, 0.1) is 17.6 Å². The fourth-order valence-electron chi connectivity index (χ4n) is 3.34. The number of nitrogens with one attached hydrogen (secondary N) is 1. The van der Waals surface area contributed by atoms with Gasteiger partial charge in [-0.15, -0.1) is 0 Å². The van der Waals surface area contributed by atoms with Crippen molar-refractivity contribution < 1.29 is 23.1 Å². The molecule has 1 atom stereocenters. The summed E-state index contributed by atoms with van der Waals surface area (Å²) in [5.41, 5.74) is 0.503. The number of para-hydroxylation sites is 1. The van der Waals surface area contributed by atoms with Gasteiger partial charge >= 0.3 is 0 Å². The minimum atomic E-state index is -0.937. The van der Waals surface area contributed by atoms with Crippen molar-refractivity contribution in [3.8, 4) is 5.75 Å². The zero-order chi connectivity index (χ0) is 20.8. The molecule has 0 spiro atoms. The van der Waals surface area contributed by atoms with E-state index in [0.29, 0.717) is 37.2 Å². The van der Waals surface area contributed by atoms with Crippen molar-refractivity contribution in [3.05, 3.63) is 65.7 Å². The van der Waals surface area contributed by atoms with Crippen LogP contribution in [0.15, 0.2) is 48.5 Å². The van der Waals surface area contributed by atoms with Gasteiger partial charge in [0.1, 0.15) is 5.75 Å². The van der Waals surface area contributed by atoms with Crippen molar-refractivity contribution in [2.45, 2.75) is 25.8 Å². The number of nitrogens with zero attached hydrogens (tertiary/aromatic N) is 1. The van der Waals surface area contributed by atoms with E-state index in [1.807, 2.05) is 18.2 Å². The third kappa shape index (κ3) is 5.53. The molecule has 1 aliphatic rings. The van der Waals surface area contributed by atoms with Crippen molar-refractivity contribution >= 4 is 11.8 Å². The molecule has 2 amide bonds. The molecule has 0 radical (unpaired) electrons. The minimum absolute atomic E-state index is 0.0337. The average molecular weight is 402 g/mol. The zero-order valence-electron chi connectivity index (χ0n) is 16.2. The molecule has 3 rings (SSSR count).